The monoisotopic (exact) mass is 756 g/mol. The summed E-state index contributed by atoms with van der Waals surface area (Å²) < 4.78 is 0. The molecule has 0 bridgehead atoms. The molecule has 4 heteroatoms. The summed E-state index contributed by atoms with van der Waals surface area (Å²) in [6.45, 7) is 13.5. The van der Waals surface area contributed by atoms with Crippen LogP contribution in [0.5, 0.6) is 5.75 Å². The average molecular weight is 757 g/mol. The molecule has 1 N–H and O–H groups in total. The Hall–Kier alpha value is -4.07. The van der Waals surface area contributed by atoms with Gasteiger partial charge in [-0.2, -0.15) is 0 Å². The first-order valence-corrected chi connectivity index (χ1v) is 14.8. The van der Waals surface area contributed by atoms with Gasteiger partial charge in [-0.1, -0.05) is 113 Å². The molecule has 0 saturated carbocycles. The Labute approximate surface area is 275 Å². The molecule has 3 nitrogen and oxygen atoms in total. The number of phenols is 1. The van der Waals surface area contributed by atoms with E-state index in [-0.39, 0.29) is 37.6 Å². The molecule has 0 aliphatic heterocycles. The predicted molar refractivity (Wildman–Crippen MR) is 179 cm³/mol. The summed E-state index contributed by atoms with van der Waals surface area (Å²) in [5, 5.41) is 13.3. The maximum Gasteiger partial charge on any atom is 0.125 e. The second kappa shape index (κ2) is 12.1. The summed E-state index contributed by atoms with van der Waals surface area (Å²) in [5.41, 5.74) is 9.54. The fourth-order valence-corrected chi connectivity index (χ4v) is 5.36. The first-order valence-electron chi connectivity index (χ1n) is 14.8. The molecule has 0 fully saturated rings. The summed E-state index contributed by atoms with van der Waals surface area (Å²) in [7, 11) is 0. The van der Waals surface area contributed by atoms with Crippen LogP contribution in [-0.2, 0) is 31.9 Å². The molecule has 0 atom stereocenters. The van der Waals surface area contributed by atoms with Gasteiger partial charge in [-0.25, -0.2) is 0 Å². The average Bonchev–Trinajstić information content (AvgIpc) is 3.00. The molecule has 6 rings (SSSR count). The van der Waals surface area contributed by atoms with Crippen molar-refractivity contribution in [2.75, 3.05) is 0 Å². The Morgan fingerprint density at radius 1 is 0.568 bits per heavy atom. The molecule has 6 aromatic rings. The van der Waals surface area contributed by atoms with Crippen molar-refractivity contribution in [1.82, 2.24) is 9.97 Å². The summed E-state index contributed by atoms with van der Waals surface area (Å²) in [6.07, 6.45) is 1.80. The Kier molecular flexibility index (Phi) is 8.65. The fraction of sp³-hybridized carbons (Fsp3) is 0.200. The van der Waals surface area contributed by atoms with Crippen LogP contribution in [0.2, 0.25) is 0 Å². The van der Waals surface area contributed by atoms with Gasteiger partial charge in [0.05, 0.1) is 5.69 Å². The van der Waals surface area contributed by atoms with Gasteiger partial charge in [-0.3, -0.25) is 9.97 Å². The third-order valence-corrected chi connectivity index (χ3v) is 7.98. The van der Waals surface area contributed by atoms with E-state index in [2.05, 4.69) is 89.0 Å². The van der Waals surface area contributed by atoms with E-state index in [1.807, 2.05) is 66.7 Å². The van der Waals surface area contributed by atoms with E-state index in [0.29, 0.717) is 11.3 Å². The van der Waals surface area contributed by atoms with Gasteiger partial charge in [-0.05, 0) is 68.1 Å². The second-order valence-corrected chi connectivity index (χ2v) is 13.3. The number of hydrogen-bond acceptors (Lipinski definition) is 3. The minimum Gasteiger partial charge on any atom is -0.507 e. The van der Waals surface area contributed by atoms with Crippen LogP contribution in [0.25, 0.3) is 55.7 Å². The molecule has 0 spiro atoms. The first-order chi connectivity index (χ1) is 20.5. The van der Waals surface area contributed by atoms with Gasteiger partial charge >= 0.3 is 0 Å². The van der Waals surface area contributed by atoms with E-state index in [1.54, 1.807) is 6.20 Å². The summed E-state index contributed by atoms with van der Waals surface area (Å²) >= 11 is 0. The minimum atomic E-state index is -0.0178. The van der Waals surface area contributed by atoms with Crippen molar-refractivity contribution in [2.45, 2.75) is 52.4 Å². The molecular formula is C40H37N2OPt-. The summed E-state index contributed by atoms with van der Waals surface area (Å²) in [5.74, 6) is 0.208. The number of nitrogens with zero attached hydrogens (tertiary/aromatic N) is 2. The standard InChI is InChI=1S/C40H37N2O.Pt/c1-39(2,3)32-19-30(20-33(25-32)40(4,5)6)31-22-36(29-15-11-14-28(18-29)35-16-9-10-17-41-35)42-37(23-31)34-21-26-12-7-8-13-27(26)24-38(34)43;/h7-17,19-25,43H,1-6H3;/q-1;. The second-order valence-electron chi connectivity index (χ2n) is 13.3. The normalized spacial score (nSPS) is 11.8. The Bertz CT molecular complexity index is 1920. The Morgan fingerprint density at radius 3 is 1.75 bits per heavy atom. The van der Waals surface area contributed by atoms with Crippen molar-refractivity contribution in [1.29, 1.82) is 0 Å². The van der Waals surface area contributed by atoms with Crippen molar-refractivity contribution < 1.29 is 26.2 Å². The van der Waals surface area contributed by atoms with Crippen molar-refractivity contribution >= 4 is 10.8 Å². The van der Waals surface area contributed by atoms with Gasteiger partial charge in [0.25, 0.3) is 0 Å². The topological polar surface area (TPSA) is 46.0 Å². The SMILES string of the molecule is CC(C)(C)c1cc(-c2cc(-c3[c-]c(-c4ccccn4)ccc3)nc(-c3cc4ccccc4cc3O)c2)cc(C(C)(C)C)c1.[Pt]. The van der Waals surface area contributed by atoms with Gasteiger partial charge in [0.15, 0.2) is 0 Å². The molecule has 2 heterocycles. The smallest absolute Gasteiger partial charge is 0.125 e. The van der Waals surface area contributed by atoms with E-state index < -0.39 is 0 Å². The van der Waals surface area contributed by atoms with E-state index in [9.17, 15) is 5.11 Å². The van der Waals surface area contributed by atoms with Crippen LogP contribution in [0.1, 0.15) is 52.7 Å². The number of rotatable bonds is 4. The molecule has 0 unspecified atom stereocenters. The molecular weight excluding hydrogens is 720 g/mol. The number of aromatic hydroxyl groups is 1. The maximum atomic E-state index is 11.2. The Morgan fingerprint density at radius 2 is 1.14 bits per heavy atom. The zero-order valence-corrected chi connectivity index (χ0v) is 28.3. The van der Waals surface area contributed by atoms with E-state index in [4.69, 9.17) is 4.98 Å². The van der Waals surface area contributed by atoms with Gasteiger partial charge in [0.2, 0.25) is 0 Å². The number of aromatic nitrogens is 2. The molecule has 224 valence electrons. The van der Waals surface area contributed by atoms with Gasteiger partial charge < -0.3 is 5.11 Å². The number of phenolic OH excluding ortho intramolecular Hbond substituents is 1. The largest absolute Gasteiger partial charge is 0.507 e. The fourth-order valence-electron chi connectivity index (χ4n) is 5.36. The van der Waals surface area contributed by atoms with Crippen LogP contribution >= 0.6 is 0 Å². The molecule has 4 aromatic carbocycles. The van der Waals surface area contributed by atoms with Crippen LogP contribution in [-0.4, -0.2) is 15.1 Å². The van der Waals surface area contributed by atoms with Crippen LogP contribution in [0, 0.1) is 6.07 Å². The van der Waals surface area contributed by atoms with E-state index in [0.717, 1.165) is 44.4 Å². The third-order valence-electron chi connectivity index (χ3n) is 7.98. The van der Waals surface area contributed by atoms with Crippen molar-refractivity contribution in [3.05, 3.63) is 127 Å². The third kappa shape index (κ3) is 6.54. The molecule has 0 amide bonds. The summed E-state index contributed by atoms with van der Waals surface area (Å²) in [6, 6.07) is 38.6. The predicted octanol–water partition coefficient (Wildman–Crippen LogP) is 10.4. The van der Waals surface area contributed by atoms with E-state index >= 15 is 0 Å². The molecule has 0 radical (unpaired) electrons. The van der Waals surface area contributed by atoms with Crippen LogP contribution < -0.4 is 0 Å². The number of pyridine rings is 2. The van der Waals surface area contributed by atoms with Crippen molar-refractivity contribution in [3.8, 4) is 50.6 Å². The van der Waals surface area contributed by atoms with Gasteiger partial charge in [0, 0.05) is 44.2 Å². The van der Waals surface area contributed by atoms with Gasteiger partial charge in [-0.15, -0.1) is 24.3 Å². The van der Waals surface area contributed by atoms with Crippen LogP contribution in [0.4, 0.5) is 0 Å². The zero-order chi connectivity index (χ0) is 30.4. The van der Waals surface area contributed by atoms with Crippen molar-refractivity contribution in [3.63, 3.8) is 0 Å². The van der Waals surface area contributed by atoms with Crippen LogP contribution in [0.3, 0.4) is 0 Å². The van der Waals surface area contributed by atoms with Crippen molar-refractivity contribution in [2.24, 2.45) is 0 Å². The number of benzene rings is 4. The number of fused-ring (bicyclic) bond motifs is 1. The molecule has 2 aromatic heterocycles. The Balaban J connectivity index is 0.00000384. The summed E-state index contributed by atoms with van der Waals surface area (Å²) in [4.78, 5) is 9.67. The zero-order valence-electron chi connectivity index (χ0n) is 26.1. The first kappa shape index (κ1) is 31.4. The van der Waals surface area contributed by atoms with Gasteiger partial charge in [0.1, 0.15) is 5.75 Å². The quantitative estimate of drug-likeness (QED) is 0.182. The molecule has 0 saturated heterocycles. The van der Waals surface area contributed by atoms with E-state index in [1.165, 1.54) is 11.1 Å². The minimum absolute atomic E-state index is 0. The maximum absolute atomic E-state index is 11.2. The number of hydrogen-bond donors (Lipinski definition) is 1. The molecule has 0 aliphatic rings. The van der Waals surface area contributed by atoms with Crippen LogP contribution in [0.15, 0.2) is 109 Å². The molecule has 0 aliphatic carbocycles. The molecule has 44 heavy (non-hydrogen) atoms.